The summed E-state index contributed by atoms with van der Waals surface area (Å²) in [6.07, 6.45) is 1.27. The number of nitrogens with zero attached hydrogens (tertiary/aromatic N) is 2. The molecule has 4 nitrogen and oxygen atoms in total. The highest BCUT2D eigenvalue weighted by Crippen LogP contribution is 2.18. The molecule has 0 fully saturated rings. The fraction of sp³-hybridized carbons (Fsp3) is 0.0909. The first-order valence-corrected chi connectivity index (χ1v) is 4.60. The van der Waals surface area contributed by atoms with Crippen LogP contribution in [-0.4, -0.2) is 4.98 Å². The second-order valence-corrected chi connectivity index (χ2v) is 3.29. The van der Waals surface area contributed by atoms with Crippen LogP contribution in [0.4, 0.5) is 5.82 Å². The van der Waals surface area contributed by atoms with Crippen molar-refractivity contribution in [1.82, 2.24) is 4.98 Å². The minimum atomic E-state index is 0.231. The predicted octanol–water partition coefficient (Wildman–Crippen LogP) is 1.27. The van der Waals surface area contributed by atoms with Crippen molar-refractivity contribution in [3.8, 4) is 11.3 Å². The zero-order valence-electron chi connectivity index (χ0n) is 8.34. The van der Waals surface area contributed by atoms with E-state index in [1.807, 2.05) is 30.3 Å². The molecule has 76 valence electrons. The number of benzene rings is 1. The van der Waals surface area contributed by atoms with Gasteiger partial charge in [0.05, 0.1) is 0 Å². The molecule has 0 bridgehead atoms. The van der Waals surface area contributed by atoms with Crippen molar-refractivity contribution < 1.29 is 4.73 Å². The summed E-state index contributed by atoms with van der Waals surface area (Å²) >= 11 is 0. The van der Waals surface area contributed by atoms with Gasteiger partial charge in [-0.2, -0.15) is 4.73 Å². The Labute approximate surface area is 87.6 Å². The lowest BCUT2D eigenvalue weighted by atomic mass is 10.1. The molecular formula is C11H11N3O. The molecule has 1 aromatic heterocycles. The third-order valence-corrected chi connectivity index (χ3v) is 2.21. The number of anilines is 1. The Hall–Kier alpha value is -2.10. The van der Waals surface area contributed by atoms with E-state index in [0.29, 0.717) is 11.4 Å². The predicted molar refractivity (Wildman–Crippen MR) is 57.8 cm³/mol. The summed E-state index contributed by atoms with van der Waals surface area (Å²) in [5, 5.41) is 11.4. The topological polar surface area (TPSA) is 65.8 Å². The fourth-order valence-electron chi connectivity index (χ4n) is 1.43. The summed E-state index contributed by atoms with van der Waals surface area (Å²) in [6.45, 7) is 1.72. The molecule has 4 heteroatoms. The molecule has 2 N–H and O–H groups in total. The smallest absolute Gasteiger partial charge is 0.222 e. The van der Waals surface area contributed by atoms with E-state index in [-0.39, 0.29) is 5.82 Å². The number of nitrogens with two attached hydrogens (primary N) is 1. The molecule has 2 rings (SSSR count). The first-order chi connectivity index (χ1) is 7.18. The molecule has 0 saturated carbocycles. The number of rotatable bonds is 1. The number of hydrogen-bond donors (Lipinski definition) is 1. The van der Waals surface area contributed by atoms with Crippen LogP contribution in [0.2, 0.25) is 0 Å². The summed E-state index contributed by atoms with van der Waals surface area (Å²) in [5.41, 5.74) is 7.61. The molecule has 0 saturated heterocycles. The van der Waals surface area contributed by atoms with Gasteiger partial charge in [-0.05, 0) is 0 Å². The lowest BCUT2D eigenvalue weighted by Gasteiger charge is -2.06. The molecule has 0 amide bonds. The first-order valence-electron chi connectivity index (χ1n) is 4.60. The van der Waals surface area contributed by atoms with Gasteiger partial charge in [0, 0.05) is 12.5 Å². The lowest BCUT2D eigenvalue weighted by molar-refractivity contribution is -0.611. The molecule has 0 aliphatic carbocycles. The summed E-state index contributed by atoms with van der Waals surface area (Å²) < 4.78 is 0.741. The summed E-state index contributed by atoms with van der Waals surface area (Å²) in [5.74, 6) is 0.231. The van der Waals surface area contributed by atoms with Crippen molar-refractivity contribution >= 4 is 5.82 Å². The van der Waals surface area contributed by atoms with Crippen LogP contribution in [-0.2, 0) is 0 Å². The van der Waals surface area contributed by atoms with Gasteiger partial charge in [-0.1, -0.05) is 30.3 Å². The molecule has 0 aliphatic heterocycles. The van der Waals surface area contributed by atoms with E-state index < -0.39 is 0 Å². The van der Waals surface area contributed by atoms with Crippen LogP contribution < -0.4 is 10.5 Å². The molecule has 1 heterocycles. The van der Waals surface area contributed by atoms with Crippen LogP contribution in [0, 0.1) is 12.1 Å². The van der Waals surface area contributed by atoms with Gasteiger partial charge < -0.3 is 10.9 Å². The van der Waals surface area contributed by atoms with Crippen LogP contribution in [0.15, 0.2) is 36.5 Å². The van der Waals surface area contributed by atoms with Gasteiger partial charge in [0.15, 0.2) is 5.82 Å². The zero-order chi connectivity index (χ0) is 10.8. The molecular weight excluding hydrogens is 190 g/mol. The highest BCUT2D eigenvalue weighted by Gasteiger charge is 2.12. The van der Waals surface area contributed by atoms with Crippen LogP contribution in [0.25, 0.3) is 11.3 Å². The SMILES string of the molecule is Cc1c(-c2ccccc2)nc(N)c[n+]1[O-]. The fourth-order valence-corrected chi connectivity index (χ4v) is 1.43. The average Bonchev–Trinajstić information content (AvgIpc) is 2.24. The summed E-state index contributed by atoms with van der Waals surface area (Å²) in [4.78, 5) is 4.16. The minimum Gasteiger partial charge on any atom is -0.618 e. The van der Waals surface area contributed by atoms with E-state index in [0.717, 1.165) is 10.3 Å². The Morgan fingerprint density at radius 2 is 1.93 bits per heavy atom. The van der Waals surface area contributed by atoms with Gasteiger partial charge in [0.2, 0.25) is 11.9 Å². The second-order valence-electron chi connectivity index (χ2n) is 3.29. The van der Waals surface area contributed by atoms with E-state index in [1.165, 1.54) is 6.20 Å². The first kappa shape index (κ1) is 9.45. The lowest BCUT2D eigenvalue weighted by Crippen LogP contribution is -2.31. The molecule has 15 heavy (non-hydrogen) atoms. The standard InChI is InChI=1S/C11H11N3O/c1-8-11(9-5-3-2-4-6-9)13-10(12)7-14(8)15/h2-7H,1H3,(H2,12,13). The highest BCUT2D eigenvalue weighted by molar-refractivity contribution is 5.61. The third kappa shape index (κ3) is 1.74. The van der Waals surface area contributed by atoms with Gasteiger partial charge in [0.25, 0.3) is 0 Å². The van der Waals surface area contributed by atoms with Crippen molar-refractivity contribution in [2.45, 2.75) is 6.92 Å². The molecule has 0 atom stereocenters. The number of hydrogen-bond acceptors (Lipinski definition) is 3. The van der Waals surface area contributed by atoms with Crippen LogP contribution in [0.1, 0.15) is 5.69 Å². The molecule has 0 aliphatic rings. The van der Waals surface area contributed by atoms with E-state index in [9.17, 15) is 5.21 Å². The Morgan fingerprint density at radius 1 is 1.27 bits per heavy atom. The van der Waals surface area contributed by atoms with Gasteiger partial charge in [-0.3, -0.25) is 0 Å². The van der Waals surface area contributed by atoms with Crippen LogP contribution >= 0.6 is 0 Å². The van der Waals surface area contributed by atoms with Crippen molar-refractivity contribution in [1.29, 1.82) is 0 Å². The zero-order valence-corrected chi connectivity index (χ0v) is 8.34. The van der Waals surface area contributed by atoms with Gasteiger partial charge >= 0.3 is 0 Å². The Bertz CT molecular complexity index is 483. The number of nitrogen functional groups attached to an aromatic ring is 1. The minimum absolute atomic E-state index is 0.231. The molecule has 1 aromatic carbocycles. The maximum Gasteiger partial charge on any atom is 0.222 e. The van der Waals surface area contributed by atoms with E-state index >= 15 is 0 Å². The van der Waals surface area contributed by atoms with Crippen LogP contribution in [0.5, 0.6) is 0 Å². The quantitative estimate of drug-likeness (QED) is 0.558. The number of aromatic nitrogens is 2. The van der Waals surface area contributed by atoms with Crippen molar-refractivity contribution in [2.24, 2.45) is 0 Å². The maximum absolute atomic E-state index is 11.4. The highest BCUT2D eigenvalue weighted by atomic mass is 16.5. The average molecular weight is 201 g/mol. The Morgan fingerprint density at radius 3 is 2.60 bits per heavy atom. The van der Waals surface area contributed by atoms with E-state index in [2.05, 4.69) is 4.98 Å². The van der Waals surface area contributed by atoms with Crippen LogP contribution in [0.3, 0.4) is 0 Å². The third-order valence-electron chi connectivity index (χ3n) is 2.21. The molecule has 0 radical (unpaired) electrons. The summed E-state index contributed by atoms with van der Waals surface area (Å²) in [7, 11) is 0. The van der Waals surface area contributed by atoms with Crippen molar-refractivity contribution in [3.05, 3.63) is 47.4 Å². The maximum atomic E-state index is 11.4. The van der Waals surface area contributed by atoms with E-state index in [1.54, 1.807) is 6.92 Å². The van der Waals surface area contributed by atoms with E-state index in [4.69, 9.17) is 5.73 Å². The van der Waals surface area contributed by atoms with Crippen molar-refractivity contribution in [3.63, 3.8) is 0 Å². The molecule has 2 aromatic rings. The largest absolute Gasteiger partial charge is 0.618 e. The van der Waals surface area contributed by atoms with Gasteiger partial charge in [0.1, 0.15) is 5.69 Å². The Balaban J connectivity index is 2.63. The second kappa shape index (κ2) is 3.57. The van der Waals surface area contributed by atoms with Crippen molar-refractivity contribution in [2.75, 3.05) is 5.73 Å². The summed E-state index contributed by atoms with van der Waals surface area (Å²) in [6, 6.07) is 9.50. The normalized spacial score (nSPS) is 10.2. The van der Waals surface area contributed by atoms with Gasteiger partial charge in [-0.15, -0.1) is 0 Å². The molecule has 0 unspecified atom stereocenters. The Kier molecular flexibility index (Phi) is 2.25. The monoisotopic (exact) mass is 201 g/mol. The van der Waals surface area contributed by atoms with Gasteiger partial charge in [-0.25, -0.2) is 4.98 Å². The molecule has 0 spiro atoms.